The summed E-state index contributed by atoms with van der Waals surface area (Å²) in [7, 11) is 0. The van der Waals surface area contributed by atoms with Crippen molar-refractivity contribution in [3.8, 4) is 0 Å². The maximum atomic E-state index is 11.4. The summed E-state index contributed by atoms with van der Waals surface area (Å²) in [6.07, 6.45) is 1.48. The summed E-state index contributed by atoms with van der Waals surface area (Å²) in [5, 5.41) is 9.92. The Labute approximate surface area is 101 Å². The molecule has 0 atom stereocenters. The van der Waals surface area contributed by atoms with Crippen LogP contribution in [0.1, 0.15) is 15.2 Å². The van der Waals surface area contributed by atoms with Crippen LogP contribution in [0.2, 0.25) is 0 Å². The largest absolute Gasteiger partial charge is 0.478 e. The van der Waals surface area contributed by atoms with Gasteiger partial charge in [0.1, 0.15) is 0 Å². The minimum Gasteiger partial charge on any atom is -0.478 e. The van der Waals surface area contributed by atoms with E-state index in [-0.39, 0.29) is 0 Å². The van der Waals surface area contributed by atoms with Gasteiger partial charge in [0, 0.05) is 22.4 Å². The Morgan fingerprint density at radius 3 is 2.53 bits per heavy atom. The first-order chi connectivity index (χ1) is 7.99. The summed E-state index contributed by atoms with van der Waals surface area (Å²) in [6, 6.07) is 1.68. The van der Waals surface area contributed by atoms with Gasteiger partial charge in [-0.05, 0) is 13.0 Å². The molecule has 0 bridgehead atoms. The highest BCUT2D eigenvalue weighted by Crippen LogP contribution is 2.12. The summed E-state index contributed by atoms with van der Waals surface area (Å²) < 4.78 is 0. The number of hydrogen-bond acceptors (Lipinski definition) is 4. The standard InChI is InChI=1S/C10H10N2O4S/c1-6-4-7(5-17-6)10(16)12-11-8(13)2-3-9(14)15/h2-5H,1H3,(H,11,13)(H,12,16)(H,14,15)/b3-2+. The Hall–Kier alpha value is -2.15. The van der Waals surface area contributed by atoms with Gasteiger partial charge in [-0.15, -0.1) is 11.3 Å². The molecule has 6 nitrogen and oxygen atoms in total. The molecule has 0 spiro atoms. The Balaban J connectivity index is 2.43. The van der Waals surface area contributed by atoms with Gasteiger partial charge in [-0.1, -0.05) is 0 Å². The Morgan fingerprint density at radius 2 is 2.00 bits per heavy atom. The highest BCUT2D eigenvalue weighted by Gasteiger charge is 2.07. The van der Waals surface area contributed by atoms with E-state index in [4.69, 9.17) is 5.11 Å². The lowest BCUT2D eigenvalue weighted by Gasteiger charge is -2.02. The minimum atomic E-state index is -1.24. The van der Waals surface area contributed by atoms with Crippen LogP contribution >= 0.6 is 11.3 Å². The average Bonchev–Trinajstić information content (AvgIpc) is 2.70. The van der Waals surface area contributed by atoms with Crippen LogP contribution in [0.4, 0.5) is 0 Å². The normalized spacial score (nSPS) is 10.2. The summed E-state index contributed by atoms with van der Waals surface area (Å²) >= 11 is 1.42. The molecule has 0 aliphatic carbocycles. The number of carboxylic acid groups (broad SMARTS) is 1. The van der Waals surface area contributed by atoms with Crippen molar-refractivity contribution in [3.05, 3.63) is 34.0 Å². The van der Waals surface area contributed by atoms with Gasteiger partial charge in [0.25, 0.3) is 11.8 Å². The third-order valence-corrected chi connectivity index (χ3v) is 2.53. The number of rotatable bonds is 3. The van der Waals surface area contributed by atoms with Crippen molar-refractivity contribution >= 4 is 29.1 Å². The van der Waals surface area contributed by atoms with Crippen molar-refractivity contribution in [2.75, 3.05) is 0 Å². The summed E-state index contributed by atoms with van der Waals surface area (Å²) in [4.78, 5) is 33.5. The van der Waals surface area contributed by atoms with Crippen molar-refractivity contribution in [2.24, 2.45) is 0 Å². The van der Waals surface area contributed by atoms with Gasteiger partial charge in [-0.2, -0.15) is 0 Å². The van der Waals surface area contributed by atoms with Crippen LogP contribution in [0.25, 0.3) is 0 Å². The first-order valence-electron chi connectivity index (χ1n) is 4.55. The topological polar surface area (TPSA) is 95.5 Å². The van der Waals surface area contributed by atoms with Gasteiger partial charge in [0.05, 0.1) is 5.56 Å². The molecule has 0 aliphatic rings. The molecule has 0 aromatic carbocycles. The molecule has 17 heavy (non-hydrogen) atoms. The van der Waals surface area contributed by atoms with Crippen molar-refractivity contribution in [3.63, 3.8) is 0 Å². The molecule has 90 valence electrons. The SMILES string of the molecule is Cc1cc(C(=O)NNC(=O)/C=C/C(=O)O)cs1. The zero-order valence-corrected chi connectivity index (χ0v) is 9.71. The van der Waals surface area contributed by atoms with Crippen LogP contribution in [0.15, 0.2) is 23.6 Å². The van der Waals surface area contributed by atoms with Crippen molar-refractivity contribution in [1.29, 1.82) is 0 Å². The van der Waals surface area contributed by atoms with E-state index in [0.29, 0.717) is 11.6 Å². The van der Waals surface area contributed by atoms with Crippen molar-refractivity contribution in [2.45, 2.75) is 6.92 Å². The highest BCUT2D eigenvalue weighted by atomic mass is 32.1. The van der Waals surface area contributed by atoms with Gasteiger partial charge >= 0.3 is 5.97 Å². The van der Waals surface area contributed by atoms with E-state index in [1.165, 1.54) is 11.3 Å². The average molecular weight is 254 g/mol. The Morgan fingerprint density at radius 1 is 1.29 bits per heavy atom. The molecule has 0 saturated carbocycles. The van der Waals surface area contributed by atoms with E-state index in [1.807, 2.05) is 6.92 Å². The van der Waals surface area contributed by atoms with E-state index in [2.05, 4.69) is 10.9 Å². The maximum absolute atomic E-state index is 11.4. The zero-order valence-electron chi connectivity index (χ0n) is 8.89. The maximum Gasteiger partial charge on any atom is 0.328 e. The number of aliphatic carboxylic acids is 1. The molecule has 7 heteroatoms. The minimum absolute atomic E-state index is 0.440. The van der Waals surface area contributed by atoms with E-state index < -0.39 is 17.8 Å². The quantitative estimate of drug-likeness (QED) is 0.539. The molecular weight excluding hydrogens is 244 g/mol. The molecule has 0 saturated heterocycles. The molecule has 1 rings (SSSR count). The predicted molar refractivity (Wildman–Crippen MR) is 61.4 cm³/mol. The summed E-state index contributed by atoms with van der Waals surface area (Å²) in [5.74, 6) is -2.40. The number of amides is 2. The van der Waals surface area contributed by atoms with Crippen LogP contribution in [-0.2, 0) is 9.59 Å². The summed E-state index contributed by atoms with van der Waals surface area (Å²) in [6.45, 7) is 1.86. The van der Waals surface area contributed by atoms with Crippen LogP contribution < -0.4 is 10.9 Å². The van der Waals surface area contributed by atoms with Gasteiger partial charge < -0.3 is 5.11 Å². The van der Waals surface area contributed by atoms with Gasteiger partial charge in [-0.25, -0.2) is 4.79 Å². The molecule has 1 heterocycles. The molecule has 3 N–H and O–H groups in total. The Kier molecular flexibility index (Phi) is 4.41. The van der Waals surface area contributed by atoms with Crippen LogP contribution in [0, 0.1) is 6.92 Å². The third-order valence-electron chi connectivity index (χ3n) is 1.67. The second kappa shape index (κ2) is 5.80. The fourth-order valence-corrected chi connectivity index (χ4v) is 1.62. The fourth-order valence-electron chi connectivity index (χ4n) is 0.942. The lowest BCUT2D eigenvalue weighted by atomic mass is 10.3. The first-order valence-corrected chi connectivity index (χ1v) is 5.43. The Bertz CT molecular complexity index is 478. The van der Waals surface area contributed by atoms with Crippen molar-refractivity contribution < 1.29 is 19.5 Å². The molecule has 0 unspecified atom stereocenters. The molecule has 0 radical (unpaired) electrons. The van der Waals surface area contributed by atoms with Gasteiger partial charge in [-0.3, -0.25) is 20.4 Å². The number of nitrogens with one attached hydrogen (secondary N) is 2. The molecule has 2 amide bonds. The molecule has 1 aromatic heterocycles. The van der Waals surface area contributed by atoms with Crippen molar-refractivity contribution in [1.82, 2.24) is 10.9 Å². The van der Waals surface area contributed by atoms with Crippen LogP contribution in [0.3, 0.4) is 0 Å². The second-order valence-electron chi connectivity index (χ2n) is 3.06. The van der Waals surface area contributed by atoms with Gasteiger partial charge in [0.2, 0.25) is 0 Å². The lowest BCUT2D eigenvalue weighted by molar-refractivity contribution is -0.131. The second-order valence-corrected chi connectivity index (χ2v) is 4.18. The van der Waals surface area contributed by atoms with E-state index in [9.17, 15) is 14.4 Å². The number of carboxylic acids is 1. The number of hydrazine groups is 1. The zero-order chi connectivity index (χ0) is 12.8. The number of aryl methyl sites for hydroxylation is 1. The first kappa shape index (κ1) is 12.9. The van der Waals surface area contributed by atoms with Crippen LogP contribution in [0.5, 0.6) is 0 Å². The number of thiophene rings is 1. The van der Waals surface area contributed by atoms with Crippen LogP contribution in [-0.4, -0.2) is 22.9 Å². The lowest BCUT2D eigenvalue weighted by Crippen LogP contribution is -2.40. The monoisotopic (exact) mass is 254 g/mol. The smallest absolute Gasteiger partial charge is 0.328 e. The number of carbonyl (C=O) groups excluding carboxylic acids is 2. The van der Waals surface area contributed by atoms with E-state index in [1.54, 1.807) is 11.4 Å². The number of hydrogen-bond donors (Lipinski definition) is 3. The highest BCUT2D eigenvalue weighted by molar-refractivity contribution is 7.10. The van der Waals surface area contributed by atoms with Gasteiger partial charge in [0.15, 0.2) is 0 Å². The fraction of sp³-hybridized carbons (Fsp3) is 0.100. The molecular formula is C10H10N2O4S. The summed E-state index contributed by atoms with van der Waals surface area (Å²) in [5.41, 5.74) is 4.66. The molecule has 0 fully saturated rings. The predicted octanol–water partition coefficient (Wildman–Crippen LogP) is 0.458. The number of carbonyl (C=O) groups is 3. The third kappa shape index (κ3) is 4.47. The van der Waals surface area contributed by atoms with E-state index >= 15 is 0 Å². The molecule has 0 aliphatic heterocycles. The molecule has 1 aromatic rings. The van der Waals surface area contributed by atoms with E-state index in [0.717, 1.165) is 11.0 Å².